The van der Waals surface area contributed by atoms with Gasteiger partial charge in [0.2, 0.25) is 0 Å². The average Bonchev–Trinajstić information content (AvgIpc) is 2.75. The lowest BCUT2D eigenvalue weighted by molar-refractivity contribution is 0.555. The zero-order chi connectivity index (χ0) is 13.2. The highest BCUT2D eigenvalue weighted by molar-refractivity contribution is 9.10. The summed E-state index contributed by atoms with van der Waals surface area (Å²) >= 11 is 3.38. The molecule has 0 amide bonds. The lowest BCUT2D eigenvalue weighted by atomic mass is 10.2. The van der Waals surface area contributed by atoms with Crippen molar-refractivity contribution in [3.05, 3.63) is 57.2 Å². The van der Waals surface area contributed by atoms with E-state index in [1.54, 1.807) is 18.5 Å². The van der Waals surface area contributed by atoms with Gasteiger partial charge in [-0.25, -0.2) is 4.79 Å². The Morgan fingerprint density at radius 2 is 2.21 bits per heavy atom. The van der Waals surface area contributed by atoms with Gasteiger partial charge in [0.1, 0.15) is 0 Å². The molecule has 19 heavy (non-hydrogen) atoms. The molecule has 0 bridgehead atoms. The SMILES string of the molecule is O=c1[nH]c2cc(NCc3cncc(Br)c3)ccc2o1. The third-order valence-electron chi connectivity index (χ3n) is 2.68. The molecular formula is C13H10BrN3O2. The molecule has 0 aliphatic heterocycles. The predicted molar refractivity (Wildman–Crippen MR) is 76.1 cm³/mol. The Bertz CT molecular complexity index is 779. The highest BCUT2D eigenvalue weighted by Gasteiger charge is 2.02. The van der Waals surface area contributed by atoms with E-state index >= 15 is 0 Å². The molecule has 0 saturated heterocycles. The molecule has 0 aliphatic rings. The van der Waals surface area contributed by atoms with Crippen molar-refractivity contribution in [1.82, 2.24) is 9.97 Å². The Hall–Kier alpha value is -2.08. The minimum absolute atomic E-state index is 0.441. The number of aromatic nitrogens is 2. The van der Waals surface area contributed by atoms with Crippen LogP contribution in [0.15, 0.2) is 50.3 Å². The highest BCUT2D eigenvalue weighted by atomic mass is 79.9. The summed E-state index contributed by atoms with van der Waals surface area (Å²) in [6.07, 6.45) is 3.54. The summed E-state index contributed by atoms with van der Waals surface area (Å²) in [5.74, 6) is -0.441. The zero-order valence-corrected chi connectivity index (χ0v) is 11.4. The van der Waals surface area contributed by atoms with Gasteiger partial charge in [-0.05, 0) is 45.8 Å². The molecular weight excluding hydrogens is 310 g/mol. The Balaban J connectivity index is 1.79. The number of fused-ring (bicyclic) bond motifs is 1. The van der Waals surface area contributed by atoms with Crippen LogP contribution in [0.4, 0.5) is 5.69 Å². The van der Waals surface area contributed by atoms with Crippen LogP contribution in [0.5, 0.6) is 0 Å². The average molecular weight is 320 g/mol. The molecule has 5 nitrogen and oxygen atoms in total. The van der Waals surface area contributed by atoms with Crippen LogP contribution in [0.25, 0.3) is 11.1 Å². The minimum atomic E-state index is -0.441. The summed E-state index contributed by atoms with van der Waals surface area (Å²) in [5, 5.41) is 3.27. The Kier molecular flexibility index (Phi) is 3.08. The van der Waals surface area contributed by atoms with Crippen LogP contribution >= 0.6 is 15.9 Å². The van der Waals surface area contributed by atoms with Crippen LogP contribution in [0.3, 0.4) is 0 Å². The largest absolute Gasteiger partial charge is 0.417 e. The maximum atomic E-state index is 11.1. The number of nitrogens with one attached hydrogen (secondary N) is 2. The van der Waals surface area contributed by atoms with Gasteiger partial charge in [-0.1, -0.05) is 0 Å². The summed E-state index contributed by atoms with van der Waals surface area (Å²) in [7, 11) is 0. The summed E-state index contributed by atoms with van der Waals surface area (Å²) in [6.45, 7) is 0.653. The molecule has 3 aromatic rings. The molecule has 2 heterocycles. The summed E-state index contributed by atoms with van der Waals surface area (Å²) < 4.78 is 5.89. The van der Waals surface area contributed by atoms with Crippen LogP contribution in [-0.2, 0) is 6.54 Å². The van der Waals surface area contributed by atoms with E-state index in [1.807, 2.05) is 18.2 Å². The van der Waals surface area contributed by atoms with Crippen molar-refractivity contribution >= 4 is 32.7 Å². The minimum Gasteiger partial charge on any atom is -0.408 e. The number of aromatic amines is 1. The second-order valence-electron chi connectivity index (χ2n) is 4.09. The first-order chi connectivity index (χ1) is 9.20. The van der Waals surface area contributed by atoms with Crippen LogP contribution in [0.1, 0.15) is 5.56 Å². The Morgan fingerprint density at radius 3 is 3.05 bits per heavy atom. The van der Waals surface area contributed by atoms with Crippen LogP contribution in [-0.4, -0.2) is 9.97 Å². The van der Waals surface area contributed by atoms with Crippen molar-refractivity contribution in [2.24, 2.45) is 0 Å². The predicted octanol–water partition coefficient (Wildman–Crippen LogP) is 2.89. The molecule has 2 N–H and O–H groups in total. The number of nitrogens with zero attached hydrogens (tertiary/aromatic N) is 1. The van der Waals surface area contributed by atoms with Gasteiger partial charge < -0.3 is 9.73 Å². The van der Waals surface area contributed by atoms with Crippen LogP contribution in [0.2, 0.25) is 0 Å². The normalized spacial score (nSPS) is 10.8. The van der Waals surface area contributed by atoms with Crippen molar-refractivity contribution in [2.45, 2.75) is 6.54 Å². The number of rotatable bonds is 3. The Morgan fingerprint density at radius 1 is 1.32 bits per heavy atom. The molecule has 1 aromatic carbocycles. The summed E-state index contributed by atoms with van der Waals surface area (Å²) in [6, 6.07) is 7.46. The fourth-order valence-corrected chi connectivity index (χ4v) is 2.23. The van der Waals surface area contributed by atoms with Crippen molar-refractivity contribution in [3.8, 4) is 0 Å². The third kappa shape index (κ3) is 2.68. The number of halogens is 1. The molecule has 2 aromatic heterocycles. The molecule has 0 fully saturated rings. The number of hydrogen-bond acceptors (Lipinski definition) is 4. The number of hydrogen-bond donors (Lipinski definition) is 2. The molecule has 0 atom stereocenters. The van der Waals surface area contributed by atoms with E-state index in [-0.39, 0.29) is 0 Å². The van der Waals surface area contributed by atoms with Gasteiger partial charge in [0.25, 0.3) is 0 Å². The molecule has 6 heteroatoms. The molecule has 3 rings (SSSR count). The summed E-state index contributed by atoms with van der Waals surface area (Å²) in [4.78, 5) is 17.8. The van der Waals surface area contributed by atoms with E-state index in [0.29, 0.717) is 17.6 Å². The monoisotopic (exact) mass is 319 g/mol. The second-order valence-corrected chi connectivity index (χ2v) is 5.01. The van der Waals surface area contributed by atoms with E-state index < -0.39 is 5.76 Å². The van der Waals surface area contributed by atoms with Crippen molar-refractivity contribution < 1.29 is 4.42 Å². The van der Waals surface area contributed by atoms with E-state index in [9.17, 15) is 4.79 Å². The number of pyridine rings is 1. The fourth-order valence-electron chi connectivity index (χ4n) is 1.82. The summed E-state index contributed by atoms with van der Waals surface area (Å²) in [5.41, 5.74) is 3.21. The highest BCUT2D eigenvalue weighted by Crippen LogP contribution is 2.17. The van der Waals surface area contributed by atoms with E-state index in [0.717, 1.165) is 15.7 Å². The Labute approximate surface area is 116 Å². The molecule has 0 aliphatic carbocycles. The van der Waals surface area contributed by atoms with Crippen molar-refractivity contribution in [1.29, 1.82) is 0 Å². The van der Waals surface area contributed by atoms with Gasteiger partial charge in [0, 0.05) is 29.1 Å². The van der Waals surface area contributed by atoms with Crippen molar-refractivity contribution in [3.63, 3.8) is 0 Å². The number of oxazole rings is 1. The smallest absolute Gasteiger partial charge is 0.408 e. The maximum Gasteiger partial charge on any atom is 0.417 e. The third-order valence-corrected chi connectivity index (χ3v) is 3.11. The second kappa shape index (κ2) is 4.89. The number of benzene rings is 1. The number of H-pyrrole nitrogens is 1. The van der Waals surface area contributed by atoms with E-state index in [1.165, 1.54) is 0 Å². The van der Waals surface area contributed by atoms with Crippen molar-refractivity contribution in [2.75, 3.05) is 5.32 Å². The van der Waals surface area contributed by atoms with Gasteiger partial charge in [0.15, 0.2) is 5.58 Å². The van der Waals surface area contributed by atoms with E-state index in [4.69, 9.17) is 4.42 Å². The molecule has 0 unspecified atom stereocenters. The first-order valence-electron chi connectivity index (χ1n) is 5.67. The molecule has 0 spiro atoms. The van der Waals surface area contributed by atoms with Gasteiger partial charge in [-0.15, -0.1) is 0 Å². The van der Waals surface area contributed by atoms with Gasteiger partial charge in [-0.3, -0.25) is 9.97 Å². The molecule has 0 radical (unpaired) electrons. The maximum absolute atomic E-state index is 11.1. The topological polar surface area (TPSA) is 70.9 Å². The molecule has 96 valence electrons. The van der Waals surface area contributed by atoms with Gasteiger partial charge in [-0.2, -0.15) is 0 Å². The van der Waals surface area contributed by atoms with Crippen LogP contribution < -0.4 is 11.1 Å². The van der Waals surface area contributed by atoms with Gasteiger partial charge >= 0.3 is 5.76 Å². The molecule has 0 saturated carbocycles. The zero-order valence-electron chi connectivity index (χ0n) is 9.81. The van der Waals surface area contributed by atoms with Crippen LogP contribution in [0, 0.1) is 0 Å². The van der Waals surface area contributed by atoms with E-state index in [2.05, 4.69) is 31.2 Å². The van der Waals surface area contributed by atoms with Gasteiger partial charge in [0.05, 0.1) is 5.52 Å². The quantitative estimate of drug-likeness (QED) is 0.778. The first kappa shape index (κ1) is 12.0. The lowest BCUT2D eigenvalue weighted by Gasteiger charge is -2.06. The fraction of sp³-hybridized carbons (Fsp3) is 0.0769. The first-order valence-corrected chi connectivity index (χ1v) is 6.46. The standard InChI is InChI=1S/C13H10BrN3O2/c14-9-3-8(5-15-7-9)6-16-10-1-2-12-11(4-10)17-13(18)19-12/h1-5,7,16H,6H2,(H,17,18). The lowest BCUT2D eigenvalue weighted by Crippen LogP contribution is -1.99. The number of anilines is 1.